The van der Waals surface area contributed by atoms with Gasteiger partial charge in [0.2, 0.25) is 0 Å². The molecule has 0 aliphatic carbocycles. The molecule has 0 N–H and O–H groups in total. The van der Waals surface area contributed by atoms with E-state index in [1.165, 1.54) is 23.3 Å². The number of nitrogens with zero attached hydrogens (tertiary/aromatic N) is 1. The van der Waals surface area contributed by atoms with E-state index >= 15 is 0 Å². The second-order valence-electron chi connectivity index (χ2n) is 5.92. The van der Waals surface area contributed by atoms with Gasteiger partial charge in [-0.25, -0.2) is 4.79 Å². The van der Waals surface area contributed by atoms with E-state index in [4.69, 9.17) is 20.8 Å². The summed E-state index contributed by atoms with van der Waals surface area (Å²) in [4.78, 5) is 27.2. The number of ether oxygens (including phenoxy) is 1. The number of benzene rings is 2. The van der Waals surface area contributed by atoms with Crippen LogP contribution < -0.4 is 15.3 Å². The van der Waals surface area contributed by atoms with E-state index in [9.17, 15) is 9.59 Å². The molecular weight excluding hydrogens is 386 g/mol. The van der Waals surface area contributed by atoms with Crippen molar-refractivity contribution in [2.75, 3.05) is 19.1 Å². The summed E-state index contributed by atoms with van der Waals surface area (Å²) in [6.45, 7) is 0. The van der Waals surface area contributed by atoms with Crippen molar-refractivity contribution in [1.82, 2.24) is 0 Å². The van der Waals surface area contributed by atoms with Gasteiger partial charge in [-0.3, -0.25) is 4.79 Å². The molecule has 0 aliphatic rings. The maximum atomic E-state index is 13.0. The molecule has 0 aliphatic heterocycles. The van der Waals surface area contributed by atoms with Crippen LogP contribution in [0.5, 0.6) is 5.75 Å². The van der Waals surface area contributed by atoms with Crippen molar-refractivity contribution in [2.24, 2.45) is 0 Å². The Labute approximate surface area is 163 Å². The Bertz CT molecular complexity index is 1240. The fraction of sp³-hybridized carbons (Fsp3) is 0.100. The molecule has 5 nitrogen and oxygen atoms in total. The Morgan fingerprint density at radius 1 is 1.15 bits per heavy atom. The van der Waals surface area contributed by atoms with Gasteiger partial charge in [-0.05, 0) is 36.4 Å². The molecule has 0 saturated heterocycles. The molecule has 2 heterocycles. The summed E-state index contributed by atoms with van der Waals surface area (Å²) in [7, 11) is 3.17. The zero-order chi connectivity index (χ0) is 19.1. The molecule has 0 unspecified atom stereocenters. The standard InChI is InChI=1S/C20H14ClNO4S/c1-22(14-9-11(21)7-8-16(14)25-2)19(23)17-10-13-18(27-17)12-5-3-4-6-15(12)26-20(13)24/h3-10H,1-2H3. The third-order valence-corrected chi connectivity index (χ3v) is 5.70. The number of carbonyl (C=O) groups excluding carboxylic acids is 1. The maximum Gasteiger partial charge on any atom is 0.345 e. The summed E-state index contributed by atoms with van der Waals surface area (Å²) in [6, 6.07) is 13.9. The molecular formula is C20H14ClNO4S. The third kappa shape index (κ3) is 2.97. The minimum atomic E-state index is -0.456. The van der Waals surface area contributed by atoms with Crippen LogP contribution in [0.25, 0.3) is 21.1 Å². The molecule has 4 rings (SSSR count). The average Bonchev–Trinajstić information content (AvgIpc) is 3.13. The summed E-state index contributed by atoms with van der Waals surface area (Å²) >= 11 is 7.34. The minimum Gasteiger partial charge on any atom is -0.495 e. The Balaban J connectivity index is 1.84. The smallest absolute Gasteiger partial charge is 0.345 e. The van der Waals surface area contributed by atoms with Crippen LogP contribution in [0.2, 0.25) is 5.02 Å². The zero-order valence-electron chi connectivity index (χ0n) is 14.5. The number of anilines is 1. The quantitative estimate of drug-likeness (QED) is 0.457. The van der Waals surface area contributed by atoms with Crippen LogP contribution in [0.4, 0.5) is 5.69 Å². The Morgan fingerprint density at radius 3 is 2.70 bits per heavy atom. The van der Waals surface area contributed by atoms with Gasteiger partial charge in [0, 0.05) is 17.5 Å². The number of thiophene rings is 1. The summed E-state index contributed by atoms with van der Waals surface area (Å²) in [5, 5.41) is 1.70. The SMILES string of the molecule is COc1ccc(Cl)cc1N(C)C(=O)c1cc2c(=O)oc3ccccc3c2s1. The molecule has 2 aromatic carbocycles. The van der Waals surface area contributed by atoms with Crippen LogP contribution in [0, 0.1) is 0 Å². The molecule has 0 atom stereocenters. The Hall–Kier alpha value is -2.83. The number of hydrogen-bond acceptors (Lipinski definition) is 5. The number of para-hydroxylation sites is 1. The largest absolute Gasteiger partial charge is 0.495 e. The molecule has 27 heavy (non-hydrogen) atoms. The van der Waals surface area contributed by atoms with Crippen LogP contribution in [0.1, 0.15) is 9.67 Å². The second kappa shape index (κ2) is 6.72. The van der Waals surface area contributed by atoms with Gasteiger partial charge in [0.05, 0.1) is 27.8 Å². The molecule has 0 spiro atoms. The molecule has 7 heteroatoms. The highest BCUT2D eigenvalue weighted by Gasteiger charge is 2.21. The summed E-state index contributed by atoms with van der Waals surface area (Å²) < 4.78 is 11.4. The highest BCUT2D eigenvalue weighted by Crippen LogP contribution is 2.34. The van der Waals surface area contributed by atoms with Gasteiger partial charge in [-0.15, -0.1) is 11.3 Å². The van der Waals surface area contributed by atoms with Crippen LogP contribution in [-0.2, 0) is 0 Å². The van der Waals surface area contributed by atoms with Crippen LogP contribution in [0.15, 0.2) is 57.7 Å². The van der Waals surface area contributed by atoms with Crippen molar-refractivity contribution in [2.45, 2.75) is 0 Å². The van der Waals surface area contributed by atoms with E-state index in [1.54, 1.807) is 43.4 Å². The average molecular weight is 400 g/mol. The summed E-state index contributed by atoms with van der Waals surface area (Å²) in [6.07, 6.45) is 0. The van der Waals surface area contributed by atoms with Gasteiger partial charge in [0.15, 0.2) is 0 Å². The van der Waals surface area contributed by atoms with Crippen molar-refractivity contribution in [3.05, 3.63) is 68.9 Å². The van der Waals surface area contributed by atoms with Gasteiger partial charge in [-0.1, -0.05) is 23.7 Å². The van der Waals surface area contributed by atoms with Crippen LogP contribution in [-0.4, -0.2) is 20.1 Å². The lowest BCUT2D eigenvalue weighted by atomic mass is 10.2. The van der Waals surface area contributed by atoms with Gasteiger partial charge in [0.25, 0.3) is 5.91 Å². The van der Waals surface area contributed by atoms with E-state index in [-0.39, 0.29) is 5.91 Å². The molecule has 0 saturated carbocycles. The van der Waals surface area contributed by atoms with Gasteiger partial charge < -0.3 is 14.1 Å². The van der Waals surface area contributed by atoms with Crippen LogP contribution >= 0.6 is 22.9 Å². The number of carbonyl (C=O) groups is 1. The fourth-order valence-electron chi connectivity index (χ4n) is 2.95. The number of halogens is 1. The number of amides is 1. The molecule has 1 amide bonds. The number of fused-ring (bicyclic) bond motifs is 3. The fourth-order valence-corrected chi connectivity index (χ4v) is 4.26. The maximum absolute atomic E-state index is 13.0. The van der Waals surface area contributed by atoms with Crippen molar-refractivity contribution >= 4 is 55.6 Å². The van der Waals surface area contributed by atoms with Crippen molar-refractivity contribution in [3.63, 3.8) is 0 Å². The van der Waals surface area contributed by atoms with E-state index < -0.39 is 5.63 Å². The summed E-state index contributed by atoms with van der Waals surface area (Å²) in [5.41, 5.74) is 0.590. The minimum absolute atomic E-state index is 0.264. The third-order valence-electron chi connectivity index (χ3n) is 4.30. The molecule has 0 fully saturated rings. The van der Waals surface area contributed by atoms with Gasteiger partial charge in [-0.2, -0.15) is 0 Å². The number of rotatable bonds is 3. The van der Waals surface area contributed by atoms with Gasteiger partial charge >= 0.3 is 5.63 Å². The van der Waals surface area contributed by atoms with E-state index in [1.807, 2.05) is 12.1 Å². The molecule has 0 bridgehead atoms. The predicted molar refractivity (Wildman–Crippen MR) is 109 cm³/mol. The highest BCUT2D eigenvalue weighted by atomic mass is 35.5. The van der Waals surface area contributed by atoms with Crippen molar-refractivity contribution in [3.8, 4) is 5.75 Å². The summed E-state index contributed by atoms with van der Waals surface area (Å²) in [5.74, 6) is 0.265. The first-order valence-corrected chi connectivity index (χ1v) is 9.26. The van der Waals surface area contributed by atoms with E-state index in [0.29, 0.717) is 32.3 Å². The highest BCUT2D eigenvalue weighted by molar-refractivity contribution is 7.21. The number of hydrogen-bond donors (Lipinski definition) is 0. The van der Waals surface area contributed by atoms with E-state index in [2.05, 4.69) is 0 Å². The Morgan fingerprint density at radius 2 is 1.93 bits per heavy atom. The Kier molecular flexibility index (Phi) is 4.37. The molecule has 2 aromatic heterocycles. The topological polar surface area (TPSA) is 59.8 Å². The lowest BCUT2D eigenvalue weighted by molar-refractivity contribution is 0.0996. The first-order valence-electron chi connectivity index (χ1n) is 8.06. The first-order chi connectivity index (χ1) is 13.0. The molecule has 0 radical (unpaired) electrons. The van der Waals surface area contributed by atoms with E-state index in [0.717, 1.165) is 10.1 Å². The lowest BCUT2D eigenvalue weighted by Crippen LogP contribution is -2.25. The number of methoxy groups -OCH3 is 1. The predicted octanol–water partition coefficient (Wildman–Crippen LogP) is 4.95. The molecule has 4 aromatic rings. The van der Waals surface area contributed by atoms with Gasteiger partial charge in [0.1, 0.15) is 11.3 Å². The van der Waals surface area contributed by atoms with Crippen molar-refractivity contribution in [1.29, 1.82) is 0 Å². The second-order valence-corrected chi connectivity index (χ2v) is 7.41. The van der Waals surface area contributed by atoms with Crippen molar-refractivity contribution < 1.29 is 13.9 Å². The normalized spacial score (nSPS) is 11.1. The monoisotopic (exact) mass is 399 g/mol. The molecule has 136 valence electrons. The first kappa shape index (κ1) is 17.6. The van der Waals surface area contributed by atoms with Crippen LogP contribution in [0.3, 0.4) is 0 Å². The lowest BCUT2D eigenvalue weighted by Gasteiger charge is -2.19. The zero-order valence-corrected chi connectivity index (χ0v) is 16.1.